The molecule has 0 heterocycles. The van der Waals surface area contributed by atoms with Gasteiger partial charge in [0, 0.05) is 13.0 Å². The lowest BCUT2D eigenvalue weighted by atomic mass is 10.1. The van der Waals surface area contributed by atoms with E-state index in [1.54, 1.807) is 42.5 Å². The van der Waals surface area contributed by atoms with E-state index in [4.69, 9.17) is 4.74 Å². The van der Waals surface area contributed by atoms with Gasteiger partial charge in [-0.25, -0.2) is 0 Å². The summed E-state index contributed by atoms with van der Waals surface area (Å²) < 4.78 is 4.94. The van der Waals surface area contributed by atoms with Gasteiger partial charge in [0.25, 0.3) is 0 Å². The van der Waals surface area contributed by atoms with Crippen molar-refractivity contribution in [3.8, 4) is 17.2 Å². The standard InChI is InChI=1S/C16H14O4/c1-11(17)20-16-9-13(8-15(19)10-16)3-2-12-4-6-14(18)7-5-12/h2-10,18-19H,1H3/b3-2+. The van der Waals surface area contributed by atoms with Gasteiger partial charge >= 0.3 is 5.97 Å². The highest BCUT2D eigenvalue weighted by atomic mass is 16.5. The third-order valence-corrected chi connectivity index (χ3v) is 2.54. The summed E-state index contributed by atoms with van der Waals surface area (Å²) in [6.07, 6.45) is 3.60. The summed E-state index contributed by atoms with van der Waals surface area (Å²) in [6, 6.07) is 11.3. The number of hydrogen-bond donors (Lipinski definition) is 2. The molecule has 4 heteroatoms. The molecule has 0 aliphatic rings. The van der Waals surface area contributed by atoms with Gasteiger partial charge in [0.15, 0.2) is 0 Å². The molecule has 0 bridgehead atoms. The molecule has 4 nitrogen and oxygen atoms in total. The third kappa shape index (κ3) is 3.88. The Bertz CT molecular complexity index is 642. The van der Waals surface area contributed by atoms with Gasteiger partial charge in [-0.1, -0.05) is 24.3 Å². The summed E-state index contributed by atoms with van der Waals surface area (Å²) in [5.74, 6) is 0.0812. The van der Waals surface area contributed by atoms with E-state index in [0.29, 0.717) is 11.3 Å². The maximum absolute atomic E-state index is 10.9. The Morgan fingerprint density at radius 1 is 0.950 bits per heavy atom. The Balaban J connectivity index is 2.22. The molecule has 0 spiro atoms. The van der Waals surface area contributed by atoms with E-state index in [1.807, 2.05) is 6.08 Å². The van der Waals surface area contributed by atoms with Gasteiger partial charge < -0.3 is 14.9 Å². The number of carbonyl (C=O) groups is 1. The van der Waals surface area contributed by atoms with Crippen LogP contribution >= 0.6 is 0 Å². The van der Waals surface area contributed by atoms with E-state index in [-0.39, 0.29) is 11.5 Å². The number of esters is 1. The fraction of sp³-hybridized carbons (Fsp3) is 0.0625. The molecule has 20 heavy (non-hydrogen) atoms. The molecule has 2 rings (SSSR count). The Hall–Kier alpha value is -2.75. The predicted octanol–water partition coefficient (Wildman–Crippen LogP) is 3.19. The van der Waals surface area contributed by atoms with Gasteiger partial charge in [-0.2, -0.15) is 0 Å². The zero-order valence-electron chi connectivity index (χ0n) is 10.9. The van der Waals surface area contributed by atoms with Crippen molar-refractivity contribution in [3.05, 3.63) is 53.6 Å². The largest absolute Gasteiger partial charge is 0.508 e. The van der Waals surface area contributed by atoms with Crippen LogP contribution in [0.1, 0.15) is 18.1 Å². The second-order valence-corrected chi connectivity index (χ2v) is 4.28. The quantitative estimate of drug-likeness (QED) is 0.510. The van der Waals surface area contributed by atoms with Crippen LogP contribution in [0.2, 0.25) is 0 Å². The van der Waals surface area contributed by atoms with Gasteiger partial charge in [0.1, 0.15) is 17.2 Å². The molecule has 0 saturated heterocycles. The molecule has 2 aromatic rings. The van der Waals surface area contributed by atoms with Crippen molar-refractivity contribution in [2.75, 3.05) is 0 Å². The maximum Gasteiger partial charge on any atom is 0.308 e. The highest BCUT2D eigenvalue weighted by Gasteiger charge is 2.02. The van der Waals surface area contributed by atoms with Gasteiger partial charge in [0.2, 0.25) is 0 Å². The van der Waals surface area contributed by atoms with E-state index in [0.717, 1.165) is 5.56 Å². The average Bonchev–Trinajstić information content (AvgIpc) is 2.36. The zero-order chi connectivity index (χ0) is 14.5. The SMILES string of the molecule is CC(=O)Oc1cc(O)cc(/C=C/c2ccc(O)cc2)c1. The molecule has 0 aliphatic heterocycles. The van der Waals surface area contributed by atoms with Crippen LogP contribution < -0.4 is 4.74 Å². The first kappa shape index (κ1) is 13.7. The second-order valence-electron chi connectivity index (χ2n) is 4.28. The molecule has 0 amide bonds. The van der Waals surface area contributed by atoms with Gasteiger partial charge in [-0.3, -0.25) is 4.79 Å². The highest BCUT2D eigenvalue weighted by molar-refractivity contribution is 5.73. The second kappa shape index (κ2) is 5.93. The number of phenols is 2. The van der Waals surface area contributed by atoms with Crippen molar-refractivity contribution >= 4 is 18.1 Å². The summed E-state index contributed by atoms with van der Waals surface area (Å²) in [4.78, 5) is 10.9. The van der Waals surface area contributed by atoms with Crippen LogP contribution in [0.4, 0.5) is 0 Å². The van der Waals surface area contributed by atoms with Crippen molar-refractivity contribution in [3.63, 3.8) is 0 Å². The van der Waals surface area contributed by atoms with E-state index >= 15 is 0 Å². The number of hydrogen-bond acceptors (Lipinski definition) is 4. The molecular weight excluding hydrogens is 256 g/mol. The van der Waals surface area contributed by atoms with Crippen LogP contribution in [-0.2, 0) is 4.79 Å². The lowest BCUT2D eigenvalue weighted by molar-refractivity contribution is -0.131. The molecular formula is C16H14O4. The van der Waals surface area contributed by atoms with Gasteiger partial charge in [-0.05, 0) is 35.4 Å². The summed E-state index contributed by atoms with van der Waals surface area (Å²) in [5.41, 5.74) is 1.61. The van der Waals surface area contributed by atoms with E-state index in [9.17, 15) is 15.0 Å². The fourth-order valence-corrected chi connectivity index (χ4v) is 1.70. The topological polar surface area (TPSA) is 66.8 Å². The summed E-state index contributed by atoms with van der Waals surface area (Å²) in [6.45, 7) is 1.30. The number of benzene rings is 2. The minimum Gasteiger partial charge on any atom is -0.508 e. The maximum atomic E-state index is 10.9. The first-order chi connectivity index (χ1) is 9.52. The smallest absolute Gasteiger partial charge is 0.308 e. The van der Waals surface area contributed by atoms with Crippen LogP contribution in [0.3, 0.4) is 0 Å². The molecule has 0 aromatic heterocycles. The molecule has 0 fully saturated rings. The number of carbonyl (C=O) groups excluding carboxylic acids is 1. The van der Waals surface area contributed by atoms with Crippen LogP contribution in [-0.4, -0.2) is 16.2 Å². The Kier molecular flexibility index (Phi) is 4.05. The lowest BCUT2D eigenvalue weighted by Gasteiger charge is -2.03. The average molecular weight is 270 g/mol. The zero-order valence-corrected chi connectivity index (χ0v) is 10.9. The normalized spacial score (nSPS) is 10.7. The minimum atomic E-state index is -0.441. The molecule has 0 atom stereocenters. The fourth-order valence-electron chi connectivity index (χ4n) is 1.70. The van der Waals surface area contributed by atoms with E-state index < -0.39 is 5.97 Å². The number of phenolic OH excluding ortho intramolecular Hbond substituents is 2. The molecule has 0 radical (unpaired) electrons. The van der Waals surface area contributed by atoms with Crippen molar-refractivity contribution in [2.24, 2.45) is 0 Å². The van der Waals surface area contributed by atoms with Crippen LogP contribution in [0.25, 0.3) is 12.2 Å². The van der Waals surface area contributed by atoms with E-state index in [1.165, 1.54) is 13.0 Å². The molecule has 102 valence electrons. The number of ether oxygens (including phenoxy) is 1. The molecule has 0 aliphatic carbocycles. The highest BCUT2D eigenvalue weighted by Crippen LogP contribution is 2.23. The van der Waals surface area contributed by atoms with Crippen molar-refractivity contribution in [2.45, 2.75) is 6.92 Å². The summed E-state index contributed by atoms with van der Waals surface area (Å²) in [7, 11) is 0. The third-order valence-electron chi connectivity index (χ3n) is 2.54. The first-order valence-electron chi connectivity index (χ1n) is 6.02. The summed E-state index contributed by atoms with van der Waals surface area (Å²) in [5, 5.41) is 18.8. The number of rotatable bonds is 3. The Labute approximate surface area is 116 Å². The Morgan fingerprint density at radius 2 is 1.60 bits per heavy atom. The van der Waals surface area contributed by atoms with Crippen LogP contribution in [0.5, 0.6) is 17.2 Å². The molecule has 2 aromatic carbocycles. The Morgan fingerprint density at radius 3 is 2.25 bits per heavy atom. The first-order valence-corrected chi connectivity index (χ1v) is 6.02. The van der Waals surface area contributed by atoms with Crippen molar-refractivity contribution in [1.82, 2.24) is 0 Å². The predicted molar refractivity (Wildman–Crippen MR) is 76.5 cm³/mol. The van der Waals surface area contributed by atoms with Gasteiger partial charge in [-0.15, -0.1) is 0 Å². The van der Waals surface area contributed by atoms with Crippen LogP contribution in [0, 0.1) is 0 Å². The van der Waals surface area contributed by atoms with Gasteiger partial charge in [0.05, 0.1) is 0 Å². The van der Waals surface area contributed by atoms with Crippen molar-refractivity contribution in [1.29, 1.82) is 0 Å². The van der Waals surface area contributed by atoms with Crippen LogP contribution in [0.15, 0.2) is 42.5 Å². The monoisotopic (exact) mass is 270 g/mol. The van der Waals surface area contributed by atoms with E-state index in [2.05, 4.69) is 0 Å². The minimum absolute atomic E-state index is 0.0223. The molecule has 0 unspecified atom stereocenters. The lowest BCUT2D eigenvalue weighted by Crippen LogP contribution is -2.01. The van der Waals surface area contributed by atoms with Crippen molar-refractivity contribution < 1.29 is 19.7 Å². The molecule has 2 N–H and O–H groups in total. The number of aromatic hydroxyl groups is 2. The summed E-state index contributed by atoms with van der Waals surface area (Å²) >= 11 is 0. The molecule has 0 saturated carbocycles.